The van der Waals surface area contributed by atoms with E-state index in [1.54, 1.807) is 24.0 Å². The highest BCUT2D eigenvalue weighted by atomic mass is 16.7. The molecular formula is C43H51N7O7. The summed E-state index contributed by atoms with van der Waals surface area (Å²) in [6.07, 6.45) is 1.46. The quantitative estimate of drug-likeness (QED) is 0.141. The predicted octanol–water partition coefficient (Wildman–Crippen LogP) is 6.69. The molecule has 57 heavy (non-hydrogen) atoms. The predicted molar refractivity (Wildman–Crippen MR) is 214 cm³/mol. The Morgan fingerprint density at radius 1 is 0.982 bits per heavy atom. The summed E-state index contributed by atoms with van der Waals surface area (Å²) in [5, 5.41) is 12.0. The number of nitriles is 1. The number of carbonyl (C=O) groups excluding carboxylic acids is 2. The van der Waals surface area contributed by atoms with Crippen LogP contribution in [0.2, 0.25) is 0 Å². The van der Waals surface area contributed by atoms with E-state index in [9.17, 15) is 14.9 Å². The van der Waals surface area contributed by atoms with Crippen molar-refractivity contribution < 1.29 is 33.3 Å². The maximum atomic E-state index is 13.4. The molecule has 0 radical (unpaired) electrons. The van der Waals surface area contributed by atoms with E-state index in [-0.39, 0.29) is 32.4 Å². The smallest absolute Gasteiger partial charge is 0.410 e. The number of aromatic nitrogens is 2. The Balaban J connectivity index is 1.17. The number of fused-ring (bicyclic) bond motifs is 2. The standard InChI is InChI=1S/C43H51N7O7/c1-42(2,3)57-40(51)47(4)43(17-18-43)28-55-39-45-36-26-48(37-24-33(56-29-53-5)23-31-13-9-10-14-34(31)37)20-16-35(36)38(46-39)49-21-22-50(32(25-49)15-19-44)41(52)54-27-30-11-7-6-8-12-30/h6-14,23-24,32H,15-18,20-22,25-29H2,1-5H3/t32-/m0/s1. The summed E-state index contributed by atoms with van der Waals surface area (Å²) in [5.41, 5.74) is 2.57. The Morgan fingerprint density at radius 2 is 1.75 bits per heavy atom. The monoisotopic (exact) mass is 777 g/mol. The molecule has 2 aliphatic heterocycles. The van der Waals surface area contributed by atoms with Crippen molar-refractivity contribution in [3.05, 3.63) is 83.6 Å². The number of carbonyl (C=O) groups is 2. The molecule has 0 spiro atoms. The average Bonchev–Trinajstić information content (AvgIpc) is 4.01. The van der Waals surface area contributed by atoms with Gasteiger partial charge in [-0.2, -0.15) is 15.2 Å². The molecule has 2 fully saturated rings. The third-order valence-electron chi connectivity index (χ3n) is 10.7. The fraction of sp³-hybridized carbons (Fsp3) is 0.465. The summed E-state index contributed by atoms with van der Waals surface area (Å²) in [4.78, 5) is 44.2. The molecule has 2 amide bonds. The molecule has 1 saturated heterocycles. The van der Waals surface area contributed by atoms with E-state index in [1.165, 1.54) is 0 Å². The molecule has 7 rings (SSSR count). The van der Waals surface area contributed by atoms with Crippen LogP contribution in [-0.4, -0.2) is 103 Å². The fourth-order valence-electron chi connectivity index (χ4n) is 7.47. The minimum absolute atomic E-state index is 0.132. The molecule has 14 heteroatoms. The van der Waals surface area contributed by atoms with Gasteiger partial charge in [0, 0.05) is 63.0 Å². The lowest BCUT2D eigenvalue weighted by Crippen LogP contribution is -2.55. The molecule has 1 aliphatic carbocycles. The topological polar surface area (TPSA) is 143 Å². The highest BCUT2D eigenvalue weighted by Crippen LogP contribution is 2.42. The molecule has 0 bridgehead atoms. The second kappa shape index (κ2) is 16.7. The molecule has 4 aromatic rings. The lowest BCUT2D eigenvalue weighted by molar-refractivity contribution is 0.0134. The van der Waals surface area contributed by atoms with Crippen molar-refractivity contribution in [3.8, 4) is 17.8 Å². The second-order valence-electron chi connectivity index (χ2n) is 15.9. The van der Waals surface area contributed by atoms with Crippen LogP contribution in [0.15, 0.2) is 66.7 Å². The third kappa shape index (κ3) is 9.10. The van der Waals surface area contributed by atoms with Gasteiger partial charge in [0.15, 0.2) is 6.79 Å². The lowest BCUT2D eigenvalue weighted by atomic mass is 10.0. The van der Waals surface area contributed by atoms with Crippen LogP contribution in [0.25, 0.3) is 10.8 Å². The van der Waals surface area contributed by atoms with Crippen molar-refractivity contribution in [2.75, 3.05) is 63.5 Å². The summed E-state index contributed by atoms with van der Waals surface area (Å²) in [5.74, 6) is 1.43. The van der Waals surface area contributed by atoms with Gasteiger partial charge in [0.25, 0.3) is 0 Å². The number of amides is 2. The van der Waals surface area contributed by atoms with Crippen LogP contribution in [0.3, 0.4) is 0 Å². The number of methoxy groups -OCH3 is 1. The minimum Gasteiger partial charge on any atom is -0.467 e. The van der Waals surface area contributed by atoms with Crippen molar-refractivity contribution in [1.82, 2.24) is 19.8 Å². The van der Waals surface area contributed by atoms with Gasteiger partial charge >= 0.3 is 18.2 Å². The molecule has 0 N–H and O–H groups in total. The third-order valence-corrected chi connectivity index (χ3v) is 10.7. The number of nitrogens with zero attached hydrogens (tertiary/aromatic N) is 7. The Kier molecular flexibility index (Phi) is 11.6. The molecular weight excluding hydrogens is 727 g/mol. The number of hydrogen-bond donors (Lipinski definition) is 0. The number of ether oxygens (including phenoxy) is 5. The Labute approximate surface area is 333 Å². The zero-order chi connectivity index (χ0) is 40.2. The van der Waals surface area contributed by atoms with E-state index in [4.69, 9.17) is 33.7 Å². The normalized spacial score (nSPS) is 17.3. The minimum atomic E-state index is -0.628. The molecule has 3 aromatic carbocycles. The van der Waals surface area contributed by atoms with E-state index in [2.05, 4.69) is 28.0 Å². The first-order valence-electron chi connectivity index (χ1n) is 19.4. The Hall–Kier alpha value is -5.81. The highest BCUT2D eigenvalue weighted by molar-refractivity contribution is 5.96. The Morgan fingerprint density at radius 3 is 2.49 bits per heavy atom. The number of benzene rings is 3. The first-order valence-corrected chi connectivity index (χ1v) is 19.4. The molecule has 300 valence electrons. The largest absolute Gasteiger partial charge is 0.467 e. The number of piperazine rings is 1. The molecule has 3 heterocycles. The second-order valence-corrected chi connectivity index (χ2v) is 15.9. The van der Waals surface area contributed by atoms with Crippen LogP contribution >= 0.6 is 0 Å². The van der Waals surface area contributed by atoms with Crippen LogP contribution in [0.1, 0.15) is 56.9 Å². The summed E-state index contributed by atoms with van der Waals surface area (Å²) in [6, 6.07) is 23.9. The average molecular weight is 778 g/mol. The van der Waals surface area contributed by atoms with Crippen LogP contribution in [-0.2, 0) is 33.8 Å². The van der Waals surface area contributed by atoms with Gasteiger partial charge in [0.2, 0.25) is 0 Å². The summed E-state index contributed by atoms with van der Waals surface area (Å²) in [7, 11) is 3.34. The van der Waals surface area contributed by atoms with E-state index < -0.39 is 29.4 Å². The number of likely N-dealkylation sites (N-methyl/N-ethyl adjacent to an activating group) is 1. The molecule has 1 atom stereocenters. The van der Waals surface area contributed by atoms with Gasteiger partial charge in [0.1, 0.15) is 30.4 Å². The zero-order valence-corrected chi connectivity index (χ0v) is 33.4. The maximum absolute atomic E-state index is 13.4. The number of anilines is 2. The van der Waals surface area contributed by atoms with E-state index in [0.717, 1.165) is 51.9 Å². The first-order chi connectivity index (χ1) is 27.5. The zero-order valence-electron chi connectivity index (χ0n) is 33.4. The van der Waals surface area contributed by atoms with Crippen molar-refractivity contribution in [1.29, 1.82) is 5.26 Å². The van der Waals surface area contributed by atoms with Crippen LogP contribution in [0.4, 0.5) is 21.1 Å². The Bertz CT molecular complexity index is 2110. The molecule has 1 aromatic heterocycles. The van der Waals surface area contributed by atoms with Crippen LogP contribution < -0.4 is 19.3 Å². The van der Waals surface area contributed by atoms with Gasteiger partial charge in [-0.3, -0.25) is 0 Å². The maximum Gasteiger partial charge on any atom is 0.410 e. The summed E-state index contributed by atoms with van der Waals surface area (Å²) >= 11 is 0. The van der Waals surface area contributed by atoms with Gasteiger partial charge in [0.05, 0.1) is 36.3 Å². The van der Waals surface area contributed by atoms with Gasteiger partial charge in [-0.05, 0) is 57.0 Å². The van der Waals surface area contributed by atoms with E-state index in [1.807, 2.05) is 75.4 Å². The van der Waals surface area contributed by atoms with Crippen molar-refractivity contribution in [3.63, 3.8) is 0 Å². The molecule has 14 nitrogen and oxygen atoms in total. The first kappa shape index (κ1) is 39.4. The number of rotatable bonds is 12. The van der Waals surface area contributed by atoms with Crippen LogP contribution in [0.5, 0.6) is 11.8 Å². The van der Waals surface area contributed by atoms with Crippen molar-refractivity contribution in [2.45, 2.75) is 76.8 Å². The lowest BCUT2D eigenvalue weighted by Gasteiger charge is -2.42. The number of hydrogen-bond acceptors (Lipinski definition) is 12. The summed E-state index contributed by atoms with van der Waals surface area (Å²) in [6.45, 7) is 8.41. The molecule has 3 aliphatic rings. The highest BCUT2D eigenvalue weighted by Gasteiger charge is 2.51. The van der Waals surface area contributed by atoms with Gasteiger partial charge in [-0.1, -0.05) is 54.6 Å². The molecule has 0 unspecified atom stereocenters. The SMILES string of the molecule is COCOc1cc(N2CCc3c(nc(OCC4(N(C)C(=O)OC(C)(C)C)CC4)nc3N3CCN(C(=O)OCc4ccccc4)[C@@H](CC#N)C3)C2)c2ccccc2c1. The summed E-state index contributed by atoms with van der Waals surface area (Å²) < 4.78 is 28.9. The van der Waals surface area contributed by atoms with Gasteiger partial charge < -0.3 is 43.3 Å². The van der Waals surface area contributed by atoms with Crippen LogP contribution in [0, 0.1) is 11.3 Å². The fourth-order valence-corrected chi connectivity index (χ4v) is 7.47. The van der Waals surface area contributed by atoms with Crippen molar-refractivity contribution >= 4 is 34.5 Å². The van der Waals surface area contributed by atoms with Gasteiger partial charge in [-0.25, -0.2) is 9.59 Å². The van der Waals surface area contributed by atoms with E-state index >= 15 is 0 Å². The van der Waals surface area contributed by atoms with Gasteiger partial charge in [-0.15, -0.1) is 0 Å². The van der Waals surface area contributed by atoms with E-state index in [0.29, 0.717) is 44.9 Å². The molecule has 1 saturated carbocycles. The van der Waals surface area contributed by atoms with Crippen molar-refractivity contribution in [2.24, 2.45) is 0 Å².